The molecule has 0 fully saturated rings. The fourth-order valence-electron chi connectivity index (χ4n) is 1.91. The number of aromatic hydroxyl groups is 1. The first-order valence-corrected chi connectivity index (χ1v) is 6.10. The van der Waals surface area contributed by atoms with E-state index in [1.54, 1.807) is 18.3 Å². The number of hydrogen-bond donors (Lipinski definition) is 2. The molecule has 0 aliphatic heterocycles. The number of benzene rings is 1. The van der Waals surface area contributed by atoms with Gasteiger partial charge in [-0.1, -0.05) is 24.3 Å². The summed E-state index contributed by atoms with van der Waals surface area (Å²) in [6, 6.07) is 12.9. The van der Waals surface area contributed by atoms with Gasteiger partial charge in [-0.15, -0.1) is 0 Å². The number of aryl methyl sites for hydroxylation is 1. The summed E-state index contributed by atoms with van der Waals surface area (Å²) in [5, 5.41) is 19.6. The lowest BCUT2D eigenvalue weighted by molar-refractivity contribution is 0.164. The summed E-state index contributed by atoms with van der Waals surface area (Å²) in [4.78, 5) is 4.18. The number of aromatic nitrogens is 1. The van der Waals surface area contributed by atoms with Crippen LogP contribution in [0.15, 0.2) is 48.7 Å². The number of phenols is 1. The molecule has 2 rings (SSSR count). The molecule has 1 heterocycles. The van der Waals surface area contributed by atoms with Gasteiger partial charge >= 0.3 is 0 Å². The van der Waals surface area contributed by atoms with Crippen LogP contribution in [-0.4, -0.2) is 21.3 Å². The van der Waals surface area contributed by atoms with E-state index in [2.05, 4.69) is 4.98 Å². The zero-order chi connectivity index (χ0) is 12.8. The molecule has 0 bridgehead atoms. The lowest BCUT2D eigenvalue weighted by atomic mass is 10.0. The maximum Gasteiger partial charge on any atom is 0.118 e. The minimum Gasteiger partial charge on any atom is -0.508 e. The number of phenolic OH excluding ortho intramolecular Hbond substituents is 1. The van der Waals surface area contributed by atoms with Gasteiger partial charge in [0.05, 0.1) is 6.10 Å². The van der Waals surface area contributed by atoms with Crippen molar-refractivity contribution in [2.75, 3.05) is 0 Å². The number of aliphatic hydroxyl groups excluding tert-OH is 1. The Morgan fingerprint density at radius 2 is 1.83 bits per heavy atom. The predicted molar refractivity (Wildman–Crippen MR) is 70.4 cm³/mol. The molecule has 0 radical (unpaired) electrons. The zero-order valence-electron chi connectivity index (χ0n) is 10.2. The smallest absolute Gasteiger partial charge is 0.118 e. The zero-order valence-corrected chi connectivity index (χ0v) is 10.2. The first kappa shape index (κ1) is 12.6. The highest BCUT2D eigenvalue weighted by Gasteiger charge is 2.08. The molecule has 2 aromatic rings. The van der Waals surface area contributed by atoms with E-state index in [9.17, 15) is 10.2 Å². The van der Waals surface area contributed by atoms with Crippen molar-refractivity contribution in [3.8, 4) is 5.75 Å². The van der Waals surface area contributed by atoms with Crippen LogP contribution in [0, 0.1) is 0 Å². The van der Waals surface area contributed by atoms with Crippen LogP contribution in [0.5, 0.6) is 5.75 Å². The molecule has 0 saturated heterocycles. The topological polar surface area (TPSA) is 53.4 Å². The lowest BCUT2D eigenvalue weighted by Crippen LogP contribution is -2.12. The Kier molecular flexibility index (Phi) is 4.31. The van der Waals surface area contributed by atoms with Gasteiger partial charge in [-0.25, -0.2) is 0 Å². The van der Waals surface area contributed by atoms with E-state index in [1.165, 1.54) is 0 Å². The molecule has 0 aliphatic rings. The molecule has 1 atom stereocenters. The van der Waals surface area contributed by atoms with Gasteiger partial charge in [0.15, 0.2) is 0 Å². The van der Waals surface area contributed by atoms with Crippen LogP contribution in [0.4, 0.5) is 0 Å². The van der Waals surface area contributed by atoms with E-state index >= 15 is 0 Å². The molecule has 0 aliphatic carbocycles. The maximum absolute atomic E-state index is 9.93. The summed E-state index contributed by atoms with van der Waals surface area (Å²) in [6.45, 7) is 0. The second-order valence-electron chi connectivity index (χ2n) is 4.35. The van der Waals surface area contributed by atoms with E-state index in [-0.39, 0.29) is 0 Å². The van der Waals surface area contributed by atoms with Crippen LogP contribution in [-0.2, 0) is 12.8 Å². The van der Waals surface area contributed by atoms with Gasteiger partial charge in [-0.2, -0.15) is 0 Å². The van der Waals surface area contributed by atoms with Crippen LogP contribution >= 0.6 is 0 Å². The Morgan fingerprint density at radius 1 is 1.06 bits per heavy atom. The third kappa shape index (κ3) is 3.57. The number of nitrogens with zero attached hydrogens (tertiary/aromatic N) is 1. The Morgan fingerprint density at radius 3 is 2.56 bits per heavy atom. The van der Waals surface area contributed by atoms with Gasteiger partial charge in [-0.3, -0.25) is 4.98 Å². The average Bonchev–Trinajstić information content (AvgIpc) is 2.39. The molecule has 0 unspecified atom stereocenters. The molecule has 2 N–H and O–H groups in total. The first-order valence-electron chi connectivity index (χ1n) is 6.10. The highest BCUT2D eigenvalue weighted by atomic mass is 16.3. The lowest BCUT2D eigenvalue weighted by Gasteiger charge is -2.10. The molecule has 0 spiro atoms. The Labute approximate surface area is 107 Å². The Balaban J connectivity index is 1.86. The van der Waals surface area contributed by atoms with Crippen LogP contribution in [0.1, 0.15) is 17.7 Å². The van der Waals surface area contributed by atoms with Crippen molar-refractivity contribution in [1.29, 1.82) is 0 Å². The van der Waals surface area contributed by atoms with Crippen molar-refractivity contribution in [2.24, 2.45) is 0 Å². The molecule has 3 nitrogen and oxygen atoms in total. The van der Waals surface area contributed by atoms with Gasteiger partial charge in [0.1, 0.15) is 5.75 Å². The summed E-state index contributed by atoms with van der Waals surface area (Å²) in [5.41, 5.74) is 1.76. The standard InChI is InChI=1S/C15H17NO2/c17-14(11-13-6-3-4-10-16-13)9-8-12-5-1-2-7-15(12)18/h1-7,10,14,17-18H,8-9,11H2/t14-/m1/s1. The van der Waals surface area contributed by atoms with E-state index in [4.69, 9.17) is 0 Å². The quantitative estimate of drug-likeness (QED) is 0.847. The highest BCUT2D eigenvalue weighted by Crippen LogP contribution is 2.18. The predicted octanol–water partition coefficient (Wildman–Crippen LogP) is 2.32. The van der Waals surface area contributed by atoms with E-state index < -0.39 is 6.10 Å². The summed E-state index contributed by atoms with van der Waals surface area (Å²) in [6.07, 6.45) is 3.13. The van der Waals surface area contributed by atoms with E-state index in [0.717, 1.165) is 11.3 Å². The molecule has 0 amide bonds. The van der Waals surface area contributed by atoms with Crippen LogP contribution in [0.3, 0.4) is 0 Å². The van der Waals surface area contributed by atoms with Crippen LogP contribution < -0.4 is 0 Å². The Bertz CT molecular complexity index is 485. The van der Waals surface area contributed by atoms with E-state index in [1.807, 2.05) is 30.3 Å². The second-order valence-corrected chi connectivity index (χ2v) is 4.35. The average molecular weight is 243 g/mol. The van der Waals surface area contributed by atoms with Gasteiger partial charge < -0.3 is 10.2 Å². The molecule has 3 heteroatoms. The van der Waals surface area contributed by atoms with Crippen LogP contribution in [0.25, 0.3) is 0 Å². The van der Waals surface area contributed by atoms with Gasteiger partial charge in [0.25, 0.3) is 0 Å². The minimum atomic E-state index is -0.431. The van der Waals surface area contributed by atoms with Gasteiger partial charge in [0, 0.05) is 18.3 Å². The molecule has 1 aromatic carbocycles. The monoisotopic (exact) mass is 243 g/mol. The molecule has 94 valence electrons. The van der Waals surface area contributed by atoms with Crippen molar-refractivity contribution in [3.63, 3.8) is 0 Å². The maximum atomic E-state index is 9.93. The van der Waals surface area contributed by atoms with Crippen molar-refractivity contribution in [2.45, 2.75) is 25.4 Å². The first-order chi connectivity index (χ1) is 8.75. The van der Waals surface area contributed by atoms with Crippen LogP contribution in [0.2, 0.25) is 0 Å². The van der Waals surface area contributed by atoms with Gasteiger partial charge in [0.2, 0.25) is 0 Å². The summed E-state index contributed by atoms with van der Waals surface area (Å²) < 4.78 is 0. The molecule has 0 saturated carbocycles. The third-order valence-electron chi connectivity index (χ3n) is 2.91. The van der Waals surface area contributed by atoms with Crippen molar-refractivity contribution < 1.29 is 10.2 Å². The number of rotatable bonds is 5. The van der Waals surface area contributed by atoms with Crippen molar-refractivity contribution in [1.82, 2.24) is 4.98 Å². The van der Waals surface area contributed by atoms with E-state index in [0.29, 0.717) is 25.0 Å². The molecule has 18 heavy (non-hydrogen) atoms. The summed E-state index contributed by atoms with van der Waals surface area (Å²) in [5.74, 6) is 0.294. The molecule has 1 aromatic heterocycles. The fraction of sp³-hybridized carbons (Fsp3) is 0.267. The summed E-state index contributed by atoms with van der Waals surface area (Å²) >= 11 is 0. The van der Waals surface area contributed by atoms with Gasteiger partial charge in [-0.05, 0) is 36.6 Å². The molecular formula is C15H17NO2. The highest BCUT2D eigenvalue weighted by molar-refractivity contribution is 5.31. The number of para-hydroxylation sites is 1. The SMILES string of the molecule is Oc1ccccc1CC[C@@H](O)Cc1ccccn1. The summed E-state index contributed by atoms with van der Waals surface area (Å²) in [7, 11) is 0. The Hall–Kier alpha value is -1.87. The second kappa shape index (κ2) is 6.17. The third-order valence-corrected chi connectivity index (χ3v) is 2.91. The largest absolute Gasteiger partial charge is 0.508 e. The molecular weight excluding hydrogens is 226 g/mol. The fourth-order valence-corrected chi connectivity index (χ4v) is 1.91. The van der Waals surface area contributed by atoms with Crippen molar-refractivity contribution >= 4 is 0 Å². The van der Waals surface area contributed by atoms with Crippen molar-refractivity contribution in [3.05, 3.63) is 59.9 Å². The normalized spacial score (nSPS) is 12.3. The number of aliphatic hydroxyl groups is 1. The minimum absolute atomic E-state index is 0.294. The number of pyridine rings is 1. The number of hydrogen-bond acceptors (Lipinski definition) is 3.